The average Bonchev–Trinajstić information content (AvgIpc) is 2.78. The molecule has 2 aliphatic rings. The number of rotatable bonds is 2. The van der Waals surface area contributed by atoms with Gasteiger partial charge < -0.3 is 5.32 Å². The van der Waals surface area contributed by atoms with Gasteiger partial charge in [0.05, 0.1) is 11.2 Å². The van der Waals surface area contributed by atoms with Crippen molar-refractivity contribution in [2.45, 2.75) is 38.3 Å². The number of aromatic nitrogens is 1. The zero-order chi connectivity index (χ0) is 14.0. The maximum Gasteiger partial charge on any atom is 0.0798 e. The van der Waals surface area contributed by atoms with Crippen molar-refractivity contribution in [3.8, 4) is 0 Å². The van der Waals surface area contributed by atoms with E-state index in [-0.39, 0.29) is 24.8 Å². The van der Waals surface area contributed by atoms with Crippen LogP contribution >= 0.6 is 36.2 Å². The van der Waals surface area contributed by atoms with Gasteiger partial charge in [-0.25, -0.2) is 4.98 Å². The lowest BCUT2D eigenvalue weighted by molar-refractivity contribution is 0.0639. The van der Waals surface area contributed by atoms with Gasteiger partial charge in [-0.1, -0.05) is 0 Å². The van der Waals surface area contributed by atoms with Crippen molar-refractivity contribution in [2.24, 2.45) is 0 Å². The summed E-state index contributed by atoms with van der Waals surface area (Å²) in [5, 5.41) is 3.51. The van der Waals surface area contributed by atoms with E-state index in [0.29, 0.717) is 5.54 Å². The molecule has 1 aromatic heterocycles. The van der Waals surface area contributed by atoms with Crippen LogP contribution in [-0.2, 0) is 6.54 Å². The molecule has 2 fully saturated rings. The lowest BCUT2D eigenvalue weighted by Crippen LogP contribution is -2.57. The Morgan fingerprint density at radius 3 is 2.64 bits per heavy atom. The summed E-state index contributed by atoms with van der Waals surface area (Å²) in [6, 6.07) is 0. The third-order valence-electron chi connectivity index (χ3n) is 5.04. The Kier molecular flexibility index (Phi) is 8.06. The number of likely N-dealkylation sites (N-methyl/N-ethyl adjacent to an activating group) is 1. The van der Waals surface area contributed by atoms with Crippen molar-refractivity contribution in [2.75, 3.05) is 39.8 Å². The van der Waals surface area contributed by atoms with Crippen molar-refractivity contribution < 1.29 is 0 Å². The highest BCUT2D eigenvalue weighted by molar-refractivity contribution is 7.09. The van der Waals surface area contributed by atoms with Gasteiger partial charge in [-0.05, 0) is 59.4 Å². The summed E-state index contributed by atoms with van der Waals surface area (Å²) in [4.78, 5) is 11.1. The number of thiazole rings is 1. The van der Waals surface area contributed by atoms with E-state index in [2.05, 4.69) is 34.1 Å². The number of halogens is 2. The van der Waals surface area contributed by atoms with Crippen molar-refractivity contribution in [3.05, 3.63) is 16.1 Å². The Morgan fingerprint density at radius 1 is 1.27 bits per heavy atom. The number of nitrogens with zero attached hydrogens (tertiary/aromatic N) is 3. The third-order valence-corrected chi connectivity index (χ3v) is 5.96. The van der Waals surface area contributed by atoms with E-state index in [9.17, 15) is 0 Å². The van der Waals surface area contributed by atoms with Crippen LogP contribution in [-0.4, -0.2) is 60.1 Å². The number of hydrogen-bond acceptors (Lipinski definition) is 5. The van der Waals surface area contributed by atoms with Crippen LogP contribution in [0.5, 0.6) is 0 Å². The van der Waals surface area contributed by atoms with E-state index in [0.717, 1.165) is 19.6 Å². The molecule has 3 rings (SSSR count). The maximum absolute atomic E-state index is 4.40. The van der Waals surface area contributed by atoms with Gasteiger partial charge >= 0.3 is 0 Å². The predicted molar refractivity (Wildman–Crippen MR) is 98.7 cm³/mol. The van der Waals surface area contributed by atoms with Crippen molar-refractivity contribution >= 4 is 36.2 Å². The molecule has 1 N–H and O–H groups in total. The minimum absolute atomic E-state index is 0. The van der Waals surface area contributed by atoms with Crippen LogP contribution in [0.4, 0.5) is 0 Å². The molecule has 3 heterocycles. The molecule has 0 saturated carbocycles. The van der Waals surface area contributed by atoms with Crippen LogP contribution in [0.3, 0.4) is 0 Å². The summed E-state index contributed by atoms with van der Waals surface area (Å²) in [7, 11) is 2.33. The van der Waals surface area contributed by atoms with Crippen molar-refractivity contribution in [1.82, 2.24) is 20.1 Å². The Morgan fingerprint density at radius 2 is 2.00 bits per heavy atom. The summed E-state index contributed by atoms with van der Waals surface area (Å²) in [5.74, 6) is 0. The van der Waals surface area contributed by atoms with Crippen LogP contribution in [0, 0.1) is 6.92 Å². The fourth-order valence-corrected chi connectivity index (χ4v) is 4.45. The van der Waals surface area contributed by atoms with E-state index in [1.807, 2.05) is 16.8 Å². The van der Waals surface area contributed by atoms with Gasteiger partial charge in [0.25, 0.3) is 0 Å². The summed E-state index contributed by atoms with van der Waals surface area (Å²) < 4.78 is 0. The second kappa shape index (κ2) is 8.81. The van der Waals surface area contributed by atoms with E-state index in [4.69, 9.17) is 0 Å². The first-order chi connectivity index (χ1) is 9.70. The summed E-state index contributed by atoms with van der Waals surface area (Å²) in [5.41, 5.74) is 3.59. The Hall–Kier alpha value is 0.0900. The smallest absolute Gasteiger partial charge is 0.0798 e. The lowest BCUT2D eigenvalue weighted by Gasteiger charge is -2.45. The largest absolute Gasteiger partial charge is 0.317 e. The zero-order valence-corrected chi connectivity index (χ0v) is 16.0. The number of hydrogen-bond donors (Lipinski definition) is 1. The second-order valence-corrected chi connectivity index (χ2v) is 7.26. The topological polar surface area (TPSA) is 31.4 Å². The summed E-state index contributed by atoms with van der Waals surface area (Å²) in [6.45, 7) is 9.21. The zero-order valence-electron chi connectivity index (χ0n) is 13.5. The molecule has 0 aromatic carbocycles. The number of nitrogens with one attached hydrogen (secondary N) is 1. The van der Waals surface area contributed by atoms with E-state index in [1.165, 1.54) is 49.5 Å². The summed E-state index contributed by atoms with van der Waals surface area (Å²) in [6.07, 6.45) is 3.84. The molecule has 0 radical (unpaired) electrons. The van der Waals surface area contributed by atoms with Crippen LogP contribution in [0.15, 0.2) is 5.51 Å². The van der Waals surface area contributed by atoms with Gasteiger partial charge in [0.2, 0.25) is 0 Å². The molecule has 0 aliphatic carbocycles. The lowest BCUT2D eigenvalue weighted by atomic mass is 9.86. The molecule has 2 saturated heterocycles. The fraction of sp³-hybridized carbons (Fsp3) is 0.800. The molecule has 1 aromatic rings. The molecule has 0 atom stereocenters. The van der Waals surface area contributed by atoms with E-state index < -0.39 is 0 Å². The monoisotopic (exact) mass is 366 g/mol. The highest BCUT2D eigenvalue weighted by Crippen LogP contribution is 2.30. The first-order valence-electron chi connectivity index (χ1n) is 7.73. The molecular weight excluding hydrogens is 339 g/mol. The quantitative estimate of drug-likeness (QED) is 0.871. The molecule has 0 bridgehead atoms. The molecule has 0 unspecified atom stereocenters. The SMILES string of the molecule is Cc1ncsc1CN1CCCN(C)C2(CCNCC2)C1.Cl.Cl. The fourth-order valence-electron chi connectivity index (χ4n) is 3.63. The number of piperidine rings is 1. The van der Waals surface area contributed by atoms with Crippen LogP contribution < -0.4 is 5.32 Å². The Bertz CT molecular complexity index is 449. The van der Waals surface area contributed by atoms with Gasteiger partial charge in [-0.15, -0.1) is 36.2 Å². The number of aryl methyl sites for hydroxylation is 1. The minimum atomic E-state index is 0. The molecular formula is C15H28Cl2N4S. The molecule has 2 aliphatic heterocycles. The average molecular weight is 367 g/mol. The standard InChI is InChI=1S/C15H26N4S.2ClH/c1-13-14(20-12-17-13)10-19-9-3-8-18(2)15(11-19)4-6-16-7-5-15;;/h12,16H,3-11H2,1-2H3;2*1H. The Balaban J connectivity index is 0.00000121. The molecule has 0 amide bonds. The maximum atomic E-state index is 4.40. The first kappa shape index (κ1) is 20.1. The van der Waals surface area contributed by atoms with Crippen LogP contribution in [0.25, 0.3) is 0 Å². The van der Waals surface area contributed by atoms with Crippen molar-refractivity contribution in [1.29, 1.82) is 0 Å². The third kappa shape index (κ3) is 4.34. The molecule has 128 valence electrons. The van der Waals surface area contributed by atoms with Crippen LogP contribution in [0.2, 0.25) is 0 Å². The van der Waals surface area contributed by atoms with Gasteiger partial charge in [-0.3, -0.25) is 9.80 Å². The summed E-state index contributed by atoms with van der Waals surface area (Å²) >= 11 is 1.81. The highest BCUT2D eigenvalue weighted by Gasteiger charge is 2.39. The van der Waals surface area contributed by atoms with Gasteiger partial charge in [0, 0.05) is 23.5 Å². The molecule has 4 nitrogen and oxygen atoms in total. The second-order valence-electron chi connectivity index (χ2n) is 6.32. The van der Waals surface area contributed by atoms with Gasteiger partial charge in [-0.2, -0.15) is 0 Å². The molecule has 1 spiro atoms. The Labute approximate surface area is 150 Å². The van der Waals surface area contributed by atoms with Gasteiger partial charge in [0.1, 0.15) is 0 Å². The highest BCUT2D eigenvalue weighted by atomic mass is 35.5. The predicted octanol–water partition coefficient (Wildman–Crippen LogP) is 2.55. The molecule has 22 heavy (non-hydrogen) atoms. The van der Waals surface area contributed by atoms with Crippen molar-refractivity contribution in [3.63, 3.8) is 0 Å². The minimum Gasteiger partial charge on any atom is -0.317 e. The van der Waals surface area contributed by atoms with E-state index >= 15 is 0 Å². The molecule has 7 heteroatoms. The normalized spacial score (nSPS) is 22.6. The van der Waals surface area contributed by atoms with Crippen LogP contribution in [0.1, 0.15) is 29.8 Å². The first-order valence-corrected chi connectivity index (χ1v) is 8.61. The van der Waals surface area contributed by atoms with E-state index in [1.54, 1.807) is 0 Å². The van der Waals surface area contributed by atoms with Gasteiger partial charge in [0.15, 0.2) is 0 Å².